The van der Waals surface area contributed by atoms with Gasteiger partial charge in [0.25, 0.3) is 0 Å². The Morgan fingerprint density at radius 2 is 1.72 bits per heavy atom. The average molecular weight is 362 g/mol. The van der Waals surface area contributed by atoms with Crippen molar-refractivity contribution in [2.24, 2.45) is 0 Å². The molecule has 0 amide bonds. The van der Waals surface area contributed by atoms with Crippen LogP contribution in [-0.2, 0) is 10.0 Å². The number of piperazine rings is 1. The summed E-state index contributed by atoms with van der Waals surface area (Å²) in [7, 11) is -3.64. The van der Waals surface area contributed by atoms with Crippen molar-refractivity contribution in [3.05, 3.63) is 47.9 Å². The van der Waals surface area contributed by atoms with Gasteiger partial charge >= 0.3 is 5.97 Å². The minimum absolute atomic E-state index is 0.0582. The van der Waals surface area contributed by atoms with Gasteiger partial charge in [-0.1, -0.05) is 0 Å². The average Bonchev–Trinajstić information content (AvgIpc) is 2.62. The summed E-state index contributed by atoms with van der Waals surface area (Å²) in [6.07, 6.45) is 1.50. The zero-order chi connectivity index (χ0) is 18.0. The number of hydrogen-bond acceptors (Lipinski definition) is 6. The van der Waals surface area contributed by atoms with E-state index in [1.807, 2.05) is 17.9 Å². The van der Waals surface area contributed by atoms with E-state index in [0.717, 1.165) is 11.5 Å². The summed E-state index contributed by atoms with van der Waals surface area (Å²) in [4.78, 5) is 21.3. The lowest BCUT2D eigenvalue weighted by Gasteiger charge is -2.34. The van der Waals surface area contributed by atoms with Crippen LogP contribution >= 0.6 is 0 Å². The monoisotopic (exact) mass is 362 g/mol. The molecular formula is C16H18N4O4S. The zero-order valence-corrected chi connectivity index (χ0v) is 14.5. The second-order valence-corrected chi connectivity index (χ2v) is 7.68. The van der Waals surface area contributed by atoms with Gasteiger partial charge in [0.2, 0.25) is 10.0 Å². The van der Waals surface area contributed by atoms with E-state index in [4.69, 9.17) is 5.11 Å². The molecule has 1 aromatic carbocycles. The summed E-state index contributed by atoms with van der Waals surface area (Å²) in [6, 6.07) is 7.14. The van der Waals surface area contributed by atoms with E-state index in [1.165, 1.54) is 34.9 Å². The molecule has 1 saturated heterocycles. The molecule has 9 heteroatoms. The largest absolute Gasteiger partial charge is 0.478 e. The number of anilines is 1. The smallest absolute Gasteiger partial charge is 0.335 e. The fourth-order valence-electron chi connectivity index (χ4n) is 2.69. The van der Waals surface area contributed by atoms with Gasteiger partial charge in [0.05, 0.1) is 10.5 Å². The van der Waals surface area contributed by atoms with E-state index in [1.54, 1.807) is 0 Å². The Morgan fingerprint density at radius 3 is 2.28 bits per heavy atom. The lowest BCUT2D eigenvalue weighted by molar-refractivity contribution is 0.0696. The quantitative estimate of drug-likeness (QED) is 0.865. The first-order chi connectivity index (χ1) is 11.9. The van der Waals surface area contributed by atoms with Crippen LogP contribution in [0.4, 0.5) is 5.82 Å². The predicted octanol–water partition coefficient (Wildman–Crippen LogP) is 0.994. The minimum Gasteiger partial charge on any atom is -0.478 e. The standard InChI is InChI=1S/C16H18N4O4S/c1-12-10-15(18-11-17-12)19-6-8-20(9-7-19)25(23,24)14-4-2-13(3-5-14)16(21)22/h2-5,10-11H,6-9H2,1H3,(H,21,22). The van der Waals surface area contributed by atoms with Gasteiger partial charge in [0.15, 0.2) is 0 Å². The molecule has 1 aromatic heterocycles. The molecule has 132 valence electrons. The fourth-order valence-corrected chi connectivity index (χ4v) is 4.11. The van der Waals surface area contributed by atoms with Gasteiger partial charge in [-0.15, -0.1) is 0 Å². The molecule has 2 heterocycles. The van der Waals surface area contributed by atoms with Crippen molar-refractivity contribution in [3.63, 3.8) is 0 Å². The third kappa shape index (κ3) is 3.62. The van der Waals surface area contributed by atoms with E-state index in [9.17, 15) is 13.2 Å². The molecule has 8 nitrogen and oxygen atoms in total. The van der Waals surface area contributed by atoms with Gasteiger partial charge in [0, 0.05) is 37.9 Å². The number of carbonyl (C=O) groups is 1. The van der Waals surface area contributed by atoms with E-state index in [2.05, 4.69) is 9.97 Å². The Balaban J connectivity index is 1.72. The zero-order valence-electron chi connectivity index (χ0n) is 13.7. The number of aromatic carboxylic acids is 1. The van der Waals surface area contributed by atoms with Crippen molar-refractivity contribution < 1.29 is 18.3 Å². The Labute approximate surface area is 145 Å². The second kappa shape index (κ2) is 6.77. The van der Waals surface area contributed by atoms with Gasteiger partial charge in [-0.05, 0) is 31.2 Å². The van der Waals surface area contributed by atoms with E-state index >= 15 is 0 Å². The summed E-state index contributed by atoms with van der Waals surface area (Å²) >= 11 is 0. The van der Waals surface area contributed by atoms with Crippen LogP contribution in [0.2, 0.25) is 0 Å². The van der Waals surface area contributed by atoms with Crippen LogP contribution in [0.3, 0.4) is 0 Å². The lowest BCUT2D eigenvalue weighted by Crippen LogP contribution is -2.48. The first-order valence-electron chi connectivity index (χ1n) is 7.75. The van der Waals surface area contributed by atoms with E-state index < -0.39 is 16.0 Å². The number of hydrogen-bond donors (Lipinski definition) is 1. The molecule has 0 bridgehead atoms. The van der Waals surface area contributed by atoms with Gasteiger partial charge < -0.3 is 10.0 Å². The first-order valence-corrected chi connectivity index (χ1v) is 9.19. The molecular weight excluding hydrogens is 344 g/mol. The Kier molecular flexibility index (Phi) is 4.69. The van der Waals surface area contributed by atoms with Gasteiger partial charge in [0.1, 0.15) is 12.1 Å². The molecule has 1 aliphatic rings. The molecule has 3 rings (SSSR count). The molecule has 0 saturated carbocycles. The highest BCUT2D eigenvalue weighted by Gasteiger charge is 2.29. The molecule has 0 unspecified atom stereocenters. The lowest BCUT2D eigenvalue weighted by atomic mass is 10.2. The molecule has 0 radical (unpaired) electrons. The normalized spacial score (nSPS) is 16.0. The molecule has 1 N–H and O–H groups in total. The highest BCUT2D eigenvalue weighted by molar-refractivity contribution is 7.89. The number of sulfonamides is 1. The maximum atomic E-state index is 12.7. The molecule has 1 aliphatic heterocycles. The molecule has 1 fully saturated rings. The fraction of sp³-hybridized carbons (Fsp3) is 0.312. The van der Waals surface area contributed by atoms with Gasteiger partial charge in [-0.25, -0.2) is 23.2 Å². The van der Waals surface area contributed by atoms with Crippen LogP contribution in [-0.4, -0.2) is 59.9 Å². The number of aryl methyl sites for hydroxylation is 1. The predicted molar refractivity (Wildman–Crippen MR) is 91.1 cm³/mol. The molecule has 0 atom stereocenters. The maximum absolute atomic E-state index is 12.7. The number of nitrogens with zero attached hydrogens (tertiary/aromatic N) is 4. The second-order valence-electron chi connectivity index (χ2n) is 5.74. The Hall–Kier alpha value is -2.52. The topological polar surface area (TPSA) is 104 Å². The van der Waals surface area contributed by atoms with E-state index in [-0.39, 0.29) is 10.5 Å². The minimum atomic E-state index is -3.64. The number of rotatable bonds is 4. The number of carboxylic acids is 1. The number of benzene rings is 1. The molecule has 0 spiro atoms. The summed E-state index contributed by atoms with van der Waals surface area (Å²) in [5, 5.41) is 8.91. The van der Waals surface area contributed by atoms with E-state index in [0.29, 0.717) is 26.2 Å². The van der Waals surface area contributed by atoms with Crippen molar-refractivity contribution in [1.29, 1.82) is 0 Å². The summed E-state index contributed by atoms with van der Waals surface area (Å²) in [5.74, 6) is -0.298. The number of aromatic nitrogens is 2. The summed E-state index contributed by atoms with van der Waals surface area (Å²) in [6.45, 7) is 3.62. The SMILES string of the molecule is Cc1cc(N2CCN(S(=O)(=O)c3ccc(C(=O)O)cc3)CC2)ncn1. The molecule has 2 aromatic rings. The van der Waals surface area contributed by atoms with Crippen molar-refractivity contribution >= 4 is 21.8 Å². The van der Waals surface area contributed by atoms with Gasteiger partial charge in [-0.2, -0.15) is 4.31 Å². The van der Waals surface area contributed by atoms with Crippen LogP contribution in [0.15, 0.2) is 41.6 Å². The van der Waals surface area contributed by atoms with Gasteiger partial charge in [-0.3, -0.25) is 0 Å². The van der Waals surface area contributed by atoms with Crippen molar-refractivity contribution in [3.8, 4) is 0 Å². The summed E-state index contributed by atoms with van der Waals surface area (Å²) < 4.78 is 26.8. The van der Waals surface area contributed by atoms with Crippen LogP contribution in [0.5, 0.6) is 0 Å². The third-order valence-electron chi connectivity index (χ3n) is 4.09. The Bertz CT molecular complexity index is 875. The Morgan fingerprint density at radius 1 is 1.08 bits per heavy atom. The molecule has 25 heavy (non-hydrogen) atoms. The highest BCUT2D eigenvalue weighted by atomic mass is 32.2. The van der Waals surface area contributed by atoms with Crippen LogP contribution in [0, 0.1) is 6.92 Å². The molecule has 0 aliphatic carbocycles. The summed E-state index contributed by atoms with van der Waals surface area (Å²) in [5.41, 5.74) is 0.918. The maximum Gasteiger partial charge on any atom is 0.335 e. The highest BCUT2D eigenvalue weighted by Crippen LogP contribution is 2.20. The van der Waals surface area contributed by atoms with Crippen LogP contribution in [0.25, 0.3) is 0 Å². The van der Waals surface area contributed by atoms with Crippen LogP contribution < -0.4 is 4.90 Å². The van der Waals surface area contributed by atoms with Crippen molar-refractivity contribution in [1.82, 2.24) is 14.3 Å². The van der Waals surface area contributed by atoms with Crippen molar-refractivity contribution in [2.75, 3.05) is 31.1 Å². The first kappa shape index (κ1) is 17.3. The number of carboxylic acid groups (broad SMARTS) is 1. The van der Waals surface area contributed by atoms with Crippen LogP contribution in [0.1, 0.15) is 16.1 Å². The van der Waals surface area contributed by atoms with Crippen molar-refractivity contribution in [2.45, 2.75) is 11.8 Å². The third-order valence-corrected chi connectivity index (χ3v) is 6.00.